The van der Waals surface area contributed by atoms with Crippen molar-refractivity contribution < 1.29 is 13.9 Å². The van der Waals surface area contributed by atoms with Gasteiger partial charge in [0.15, 0.2) is 0 Å². The highest BCUT2D eigenvalue weighted by atomic mass is 19.1. The smallest absolute Gasteiger partial charge is 0.149 e. The number of pyridine rings is 2. The molecule has 0 spiro atoms. The average molecular weight is 472 g/mol. The molecule has 186 valence electrons. The highest BCUT2D eigenvalue weighted by Crippen LogP contribution is 2.28. The molecule has 0 aromatic carbocycles. The van der Waals surface area contributed by atoms with Crippen molar-refractivity contribution in [3.8, 4) is 11.1 Å². The molecule has 1 saturated carbocycles. The molecule has 7 nitrogen and oxygen atoms in total. The number of halogens is 1. The van der Waals surface area contributed by atoms with Crippen LogP contribution in [0, 0.1) is 11.7 Å². The van der Waals surface area contributed by atoms with Gasteiger partial charge in [-0.3, -0.25) is 4.98 Å². The molecule has 0 bridgehead atoms. The highest BCUT2D eigenvalue weighted by Gasteiger charge is 2.23. The van der Waals surface area contributed by atoms with E-state index in [-0.39, 0.29) is 5.82 Å². The molecule has 8 heteroatoms. The fraction of sp³-hybridized carbons (Fsp3) is 0.615. The number of rotatable bonds is 10. The second kappa shape index (κ2) is 12.4. The minimum Gasteiger partial charge on any atom is -0.384 e. The Morgan fingerprint density at radius 1 is 1.06 bits per heavy atom. The standard InChI is InChI=1S/C26H38FN5O2/c1-18(17-33-2)31-21-3-5-22(6-4-21)32-26-12-24(25(27)16-30-26)20-11-23(15-28-14-20)29-13-19-7-9-34-10-8-19/h11-12,14-16,18-19,21-22,29,31H,3-10,13,17H2,1-2H3,(H,30,32). The highest BCUT2D eigenvalue weighted by molar-refractivity contribution is 5.69. The van der Waals surface area contributed by atoms with E-state index in [0.717, 1.165) is 76.1 Å². The molecule has 34 heavy (non-hydrogen) atoms. The van der Waals surface area contributed by atoms with E-state index in [1.54, 1.807) is 25.6 Å². The largest absolute Gasteiger partial charge is 0.384 e. The van der Waals surface area contributed by atoms with Crippen LogP contribution in [0.2, 0.25) is 0 Å². The number of hydrogen-bond acceptors (Lipinski definition) is 7. The van der Waals surface area contributed by atoms with Gasteiger partial charge in [0.2, 0.25) is 0 Å². The summed E-state index contributed by atoms with van der Waals surface area (Å²) in [7, 11) is 1.74. The van der Waals surface area contributed by atoms with Gasteiger partial charge in [-0.05, 0) is 63.5 Å². The Balaban J connectivity index is 1.34. The maximum absolute atomic E-state index is 14.7. The third-order valence-electron chi connectivity index (χ3n) is 6.86. The molecular weight excluding hydrogens is 433 g/mol. The van der Waals surface area contributed by atoms with Gasteiger partial charge in [0.1, 0.15) is 11.6 Å². The topological polar surface area (TPSA) is 80.3 Å². The van der Waals surface area contributed by atoms with Crippen molar-refractivity contribution in [1.82, 2.24) is 15.3 Å². The first-order chi connectivity index (χ1) is 16.6. The summed E-state index contributed by atoms with van der Waals surface area (Å²) in [4.78, 5) is 8.65. The van der Waals surface area contributed by atoms with Crippen LogP contribution in [0.15, 0.2) is 30.7 Å². The molecule has 2 aliphatic rings. The predicted octanol–water partition coefficient (Wildman–Crippen LogP) is 4.47. The van der Waals surface area contributed by atoms with Crippen molar-refractivity contribution in [3.63, 3.8) is 0 Å². The number of methoxy groups -OCH3 is 1. The quantitative estimate of drug-likeness (QED) is 0.472. The lowest BCUT2D eigenvalue weighted by Gasteiger charge is -2.31. The van der Waals surface area contributed by atoms with Crippen molar-refractivity contribution >= 4 is 11.5 Å². The molecule has 1 unspecified atom stereocenters. The summed E-state index contributed by atoms with van der Waals surface area (Å²) in [6.07, 6.45) is 11.3. The van der Waals surface area contributed by atoms with Gasteiger partial charge in [-0.1, -0.05) is 0 Å². The van der Waals surface area contributed by atoms with Crippen LogP contribution in [0.5, 0.6) is 0 Å². The zero-order valence-corrected chi connectivity index (χ0v) is 20.4. The van der Waals surface area contributed by atoms with E-state index in [0.29, 0.717) is 35.4 Å². The minimum atomic E-state index is -0.339. The molecule has 4 rings (SSSR count). The lowest BCUT2D eigenvalue weighted by molar-refractivity contribution is 0.0699. The van der Waals surface area contributed by atoms with Crippen LogP contribution >= 0.6 is 0 Å². The summed E-state index contributed by atoms with van der Waals surface area (Å²) in [5.74, 6) is 0.967. The number of anilines is 2. The summed E-state index contributed by atoms with van der Waals surface area (Å²) >= 11 is 0. The summed E-state index contributed by atoms with van der Waals surface area (Å²) < 4.78 is 25.4. The molecule has 2 aromatic rings. The Labute approximate surface area is 202 Å². The normalized spacial score (nSPS) is 22.3. The summed E-state index contributed by atoms with van der Waals surface area (Å²) in [6, 6.07) is 4.98. The number of nitrogens with zero attached hydrogens (tertiary/aromatic N) is 2. The van der Waals surface area contributed by atoms with Crippen molar-refractivity contribution in [3.05, 3.63) is 36.5 Å². The van der Waals surface area contributed by atoms with Gasteiger partial charge in [-0.2, -0.15) is 0 Å². The Morgan fingerprint density at radius 2 is 1.82 bits per heavy atom. The zero-order valence-electron chi connectivity index (χ0n) is 20.4. The number of hydrogen-bond donors (Lipinski definition) is 3. The van der Waals surface area contributed by atoms with E-state index in [4.69, 9.17) is 9.47 Å². The van der Waals surface area contributed by atoms with Gasteiger partial charge in [0.25, 0.3) is 0 Å². The summed E-state index contributed by atoms with van der Waals surface area (Å²) in [5, 5.41) is 10.6. The van der Waals surface area contributed by atoms with Crippen molar-refractivity contribution in [2.75, 3.05) is 44.1 Å². The third-order valence-corrected chi connectivity index (χ3v) is 6.86. The van der Waals surface area contributed by atoms with E-state index in [2.05, 4.69) is 32.8 Å². The van der Waals surface area contributed by atoms with E-state index in [9.17, 15) is 4.39 Å². The van der Waals surface area contributed by atoms with Crippen LogP contribution in [0.3, 0.4) is 0 Å². The third kappa shape index (κ3) is 7.10. The lowest BCUT2D eigenvalue weighted by atomic mass is 9.90. The van der Waals surface area contributed by atoms with Gasteiger partial charge in [-0.15, -0.1) is 0 Å². The first-order valence-corrected chi connectivity index (χ1v) is 12.5. The SMILES string of the molecule is COCC(C)NC1CCC(Nc2cc(-c3cncc(NCC4CCOCC4)c3)c(F)cn2)CC1. The van der Waals surface area contributed by atoms with Gasteiger partial charge in [0.05, 0.1) is 18.5 Å². The Hall–Kier alpha value is -2.29. The molecule has 1 atom stereocenters. The van der Waals surface area contributed by atoms with Gasteiger partial charge < -0.3 is 25.4 Å². The summed E-state index contributed by atoms with van der Waals surface area (Å²) in [5.41, 5.74) is 2.17. The number of aromatic nitrogens is 2. The molecule has 0 amide bonds. The summed E-state index contributed by atoms with van der Waals surface area (Å²) in [6.45, 7) is 5.41. The monoisotopic (exact) mass is 471 g/mol. The first-order valence-electron chi connectivity index (χ1n) is 12.5. The molecule has 1 saturated heterocycles. The van der Waals surface area contributed by atoms with Crippen LogP contribution in [-0.2, 0) is 9.47 Å². The molecule has 2 fully saturated rings. The van der Waals surface area contributed by atoms with Crippen LogP contribution in [0.25, 0.3) is 11.1 Å². The van der Waals surface area contributed by atoms with Crippen molar-refractivity contribution in [2.45, 2.75) is 63.6 Å². The minimum absolute atomic E-state index is 0.339. The van der Waals surface area contributed by atoms with E-state index in [1.165, 1.54) is 6.20 Å². The molecule has 0 radical (unpaired) electrons. The van der Waals surface area contributed by atoms with Gasteiger partial charge >= 0.3 is 0 Å². The predicted molar refractivity (Wildman–Crippen MR) is 134 cm³/mol. The van der Waals surface area contributed by atoms with Crippen molar-refractivity contribution in [1.29, 1.82) is 0 Å². The maximum Gasteiger partial charge on any atom is 0.149 e. The first kappa shape index (κ1) is 24.8. The molecule has 3 N–H and O–H groups in total. The van der Waals surface area contributed by atoms with E-state index in [1.807, 2.05) is 6.07 Å². The fourth-order valence-corrected chi connectivity index (χ4v) is 4.95. The maximum atomic E-state index is 14.7. The van der Waals surface area contributed by atoms with Gasteiger partial charge in [-0.25, -0.2) is 9.37 Å². The van der Waals surface area contributed by atoms with Crippen LogP contribution in [-0.4, -0.2) is 61.6 Å². The molecule has 1 aliphatic carbocycles. The fourth-order valence-electron chi connectivity index (χ4n) is 4.95. The number of ether oxygens (including phenoxy) is 2. The van der Waals surface area contributed by atoms with E-state index < -0.39 is 0 Å². The van der Waals surface area contributed by atoms with Crippen LogP contribution < -0.4 is 16.0 Å². The second-order valence-corrected chi connectivity index (χ2v) is 9.66. The molecule has 2 aromatic heterocycles. The Morgan fingerprint density at radius 3 is 2.59 bits per heavy atom. The average Bonchev–Trinajstić information content (AvgIpc) is 2.86. The molecule has 1 aliphatic heterocycles. The zero-order chi connectivity index (χ0) is 23.8. The second-order valence-electron chi connectivity index (χ2n) is 9.66. The van der Waals surface area contributed by atoms with Crippen LogP contribution in [0.4, 0.5) is 15.9 Å². The molecule has 3 heterocycles. The van der Waals surface area contributed by atoms with Crippen LogP contribution in [0.1, 0.15) is 45.4 Å². The Kier molecular flexibility index (Phi) is 9.07. The number of nitrogens with one attached hydrogen (secondary N) is 3. The van der Waals surface area contributed by atoms with Gasteiger partial charge in [0, 0.05) is 68.5 Å². The van der Waals surface area contributed by atoms with E-state index >= 15 is 0 Å². The molecular formula is C26H38FN5O2. The lowest BCUT2D eigenvalue weighted by Crippen LogP contribution is -2.42. The Bertz CT molecular complexity index is 901. The van der Waals surface area contributed by atoms with Crippen molar-refractivity contribution in [2.24, 2.45) is 5.92 Å².